The largest absolute Gasteiger partial charge is 0.497 e. The van der Waals surface area contributed by atoms with Crippen LogP contribution in [0.3, 0.4) is 0 Å². The third kappa shape index (κ3) is 4.49. The summed E-state index contributed by atoms with van der Waals surface area (Å²) in [4.78, 5) is 4.18. The summed E-state index contributed by atoms with van der Waals surface area (Å²) in [6.07, 6.45) is 0.512. The lowest BCUT2D eigenvalue weighted by Gasteiger charge is -2.07. The van der Waals surface area contributed by atoms with Crippen LogP contribution in [0.5, 0.6) is 5.75 Å². The molecule has 0 aliphatic heterocycles. The highest BCUT2D eigenvalue weighted by Gasteiger charge is 2.00. The first-order valence-corrected chi connectivity index (χ1v) is 6.63. The minimum atomic E-state index is -0.214. The number of nitrogens with one attached hydrogen (secondary N) is 1. The number of guanidine groups is 1. The first-order chi connectivity index (χ1) is 10.2. The lowest BCUT2D eigenvalue weighted by atomic mass is 10.1. The number of anilines is 1. The zero-order valence-electron chi connectivity index (χ0n) is 11.8. The van der Waals surface area contributed by atoms with Gasteiger partial charge in [0.1, 0.15) is 11.6 Å². The van der Waals surface area contributed by atoms with Crippen molar-refractivity contribution in [3.05, 3.63) is 59.9 Å². The van der Waals surface area contributed by atoms with Crippen LogP contribution in [0.1, 0.15) is 5.56 Å². The van der Waals surface area contributed by atoms with Gasteiger partial charge in [-0.2, -0.15) is 0 Å². The van der Waals surface area contributed by atoms with Crippen molar-refractivity contribution >= 4 is 11.6 Å². The molecule has 2 aromatic rings. The van der Waals surface area contributed by atoms with E-state index in [-0.39, 0.29) is 5.82 Å². The monoisotopic (exact) mass is 287 g/mol. The minimum Gasteiger partial charge on any atom is -0.497 e. The quantitative estimate of drug-likeness (QED) is 0.656. The van der Waals surface area contributed by atoms with E-state index in [2.05, 4.69) is 10.3 Å². The van der Waals surface area contributed by atoms with E-state index in [0.717, 1.165) is 11.4 Å². The molecule has 0 amide bonds. The number of hydrogen-bond acceptors (Lipinski definition) is 2. The Morgan fingerprint density at radius 3 is 2.57 bits per heavy atom. The molecule has 0 spiro atoms. The van der Waals surface area contributed by atoms with Crippen LogP contribution in [-0.4, -0.2) is 19.6 Å². The van der Waals surface area contributed by atoms with Crippen LogP contribution >= 0.6 is 0 Å². The van der Waals surface area contributed by atoms with Gasteiger partial charge in [0.15, 0.2) is 5.96 Å². The number of nitrogens with two attached hydrogens (primary N) is 1. The fraction of sp³-hybridized carbons (Fsp3) is 0.188. The number of aliphatic imine (C=N–C) groups is 1. The first kappa shape index (κ1) is 14.8. The number of ether oxygens (including phenoxy) is 1. The molecule has 0 bridgehead atoms. The van der Waals surface area contributed by atoms with Gasteiger partial charge in [0.05, 0.1) is 7.11 Å². The van der Waals surface area contributed by atoms with E-state index in [4.69, 9.17) is 10.5 Å². The molecule has 0 fully saturated rings. The fourth-order valence-electron chi connectivity index (χ4n) is 1.86. The highest BCUT2D eigenvalue weighted by molar-refractivity contribution is 5.92. The Hall–Kier alpha value is -2.56. The van der Waals surface area contributed by atoms with Crippen LogP contribution in [-0.2, 0) is 6.42 Å². The lowest BCUT2D eigenvalue weighted by Crippen LogP contribution is -2.23. The van der Waals surface area contributed by atoms with Crippen LogP contribution in [0.4, 0.5) is 10.1 Å². The molecule has 2 aromatic carbocycles. The van der Waals surface area contributed by atoms with Crippen molar-refractivity contribution in [3.8, 4) is 5.75 Å². The van der Waals surface area contributed by atoms with E-state index in [1.807, 2.05) is 24.3 Å². The van der Waals surface area contributed by atoms with Crippen LogP contribution < -0.4 is 15.8 Å². The Morgan fingerprint density at radius 2 is 1.90 bits per heavy atom. The number of rotatable bonds is 5. The highest BCUT2D eigenvalue weighted by atomic mass is 19.1. The van der Waals surface area contributed by atoms with Gasteiger partial charge in [-0.15, -0.1) is 0 Å². The molecule has 3 N–H and O–H groups in total. The summed E-state index contributed by atoms with van der Waals surface area (Å²) in [7, 11) is 1.61. The predicted molar refractivity (Wildman–Crippen MR) is 83.2 cm³/mol. The van der Waals surface area contributed by atoms with Gasteiger partial charge in [0, 0.05) is 12.2 Å². The molecular weight excluding hydrogens is 269 g/mol. The van der Waals surface area contributed by atoms with Gasteiger partial charge in [0.25, 0.3) is 0 Å². The fourth-order valence-corrected chi connectivity index (χ4v) is 1.86. The first-order valence-electron chi connectivity index (χ1n) is 6.63. The standard InChI is InChI=1S/C16H18FN3O/c1-21-14-8-6-13(7-9-14)20-16(18)19-11-10-12-4-2-3-5-15(12)17/h2-9H,10-11H2,1H3,(H3,18,19,20). The summed E-state index contributed by atoms with van der Waals surface area (Å²) in [6.45, 7) is 0.427. The van der Waals surface area contributed by atoms with E-state index in [1.54, 1.807) is 25.3 Å². The van der Waals surface area contributed by atoms with Crippen LogP contribution in [0.25, 0.3) is 0 Å². The maximum absolute atomic E-state index is 13.4. The predicted octanol–water partition coefficient (Wildman–Crippen LogP) is 2.80. The second-order valence-electron chi connectivity index (χ2n) is 4.46. The van der Waals surface area contributed by atoms with Crippen LogP contribution in [0.15, 0.2) is 53.5 Å². The Labute approximate surface area is 123 Å². The summed E-state index contributed by atoms with van der Waals surface area (Å²) in [5.41, 5.74) is 7.25. The Morgan fingerprint density at radius 1 is 1.19 bits per heavy atom. The molecule has 0 heterocycles. The Balaban J connectivity index is 1.87. The van der Waals surface area contributed by atoms with Crippen LogP contribution in [0, 0.1) is 5.82 Å². The smallest absolute Gasteiger partial charge is 0.193 e. The summed E-state index contributed by atoms with van der Waals surface area (Å²) in [5, 5.41) is 2.97. The number of methoxy groups -OCH3 is 1. The molecule has 0 aliphatic carbocycles. The van der Waals surface area contributed by atoms with Crippen molar-refractivity contribution in [1.29, 1.82) is 0 Å². The van der Waals surface area contributed by atoms with Crippen molar-refractivity contribution in [2.75, 3.05) is 19.0 Å². The van der Waals surface area contributed by atoms with Gasteiger partial charge < -0.3 is 15.8 Å². The molecule has 0 unspecified atom stereocenters. The van der Waals surface area contributed by atoms with Crippen molar-refractivity contribution in [2.24, 2.45) is 10.7 Å². The average molecular weight is 287 g/mol. The molecule has 0 atom stereocenters. The van der Waals surface area contributed by atoms with E-state index >= 15 is 0 Å². The maximum Gasteiger partial charge on any atom is 0.193 e. The van der Waals surface area contributed by atoms with Gasteiger partial charge >= 0.3 is 0 Å². The second kappa shape index (κ2) is 7.28. The zero-order chi connectivity index (χ0) is 15.1. The number of halogens is 1. The number of benzene rings is 2. The zero-order valence-corrected chi connectivity index (χ0v) is 11.8. The van der Waals surface area contributed by atoms with Gasteiger partial charge in [-0.25, -0.2) is 4.39 Å². The molecule has 21 heavy (non-hydrogen) atoms. The molecular formula is C16H18FN3O. The van der Waals surface area contributed by atoms with Crippen molar-refractivity contribution < 1.29 is 9.13 Å². The van der Waals surface area contributed by atoms with Gasteiger partial charge in [-0.05, 0) is 42.3 Å². The summed E-state index contributed by atoms with van der Waals surface area (Å²) < 4.78 is 18.5. The molecule has 5 heteroatoms. The SMILES string of the molecule is COc1ccc(NC(N)=NCCc2ccccc2F)cc1. The van der Waals surface area contributed by atoms with Gasteiger partial charge in [0.2, 0.25) is 0 Å². The molecule has 110 valence electrons. The summed E-state index contributed by atoms with van der Waals surface area (Å²) in [5.74, 6) is 0.863. The Bertz CT molecular complexity index is 611. The van der Waals surface area contributed by atoms with Gasteiger partial charge in [-0.1, -0.05) is 18.2 Å². The number of nitrogens with zero attached hydrogens (tertiary/aromatic N) is 1. The highest BCUT2D eigenvalue weighted by Crippen LogP contribution is 2.14. The topological polar surface area (TPSA) is 59.6 Å². The van der Waals surface area contributed by atoms with Crippen molar-refractivity contribution in [3.63, 3.8) is 0 Å². The minimum absolute atomic E-state index is 0.214. The molecule has 0 saturated carbocycles. The maximum atomic E-state index is 13.4. The third-order valence-electron chi connectivity index (χ3n) is 2.98. The molecule has 0 saturated heterocycles. The van der Waals surface area contributed by atoms with E-state index in [9.17, 15) is 4.39 Å². The van der Waals surface area contributed by atoms with Crippen molar-refractivity contribution in [1.82, 2.24) is 0 Å². The lowest BCUT2D eigenvalue weighted by molar-refractivity contribution is 0.415. The van der Waals surface area contributed by atoms with E-state index < -0.39 is 0 Å². The van der Waals surface area contributed by atoms with E-state index in [0.29, 0.717) is 24.5 Å². The van der Waals surface area contributed by atoms with E-state index in [1.165, 1.54) is 6.07 Å². The normalized spacial score (nSPS) is 11.2. The number of hydrogen-bond donors (Lipinski definition) is 2. The molecule has 4 nitrogen and oxygen atoms in total. The molecule has 0 aliphatic rings. The molecule has 0 aromatic heterocycles. The average Bonchev–Trinajstić information content (AvgIpc) is 2.50. The van der Waals surface area contributed by atoms with Crippen LogP contribution in [0.2, 0.25) is 0 Å². The molecule has 2 rings (SSSR count). The summed E-state index contributed by atoms with van der Waals surface area (Å²) in [6, 6.07) is 14.0. The van der Waals surface area contributed by atoms with Crippen molar-refractivity contribution in [2.45, 2.75) is 6.42 Å². The summed E-state index contributed by atoms with van der Waals surface area (Å²) >= 11 is 0. The van der Waals surface area contributed by atoms with Gasteiger partial charge in [-0.3, -0.25) is 4.99 Å². The molecule has 0 radical (unpaired) electrons. The third-order valence-corrected chi connectivity index (χ3v) is 2.98. The Kier molecular flexibility index (Phi) is 5.15. The second-order valence-corrected chi connectivity index (χ2v) is 4.46.